The standard InChI is InChI=1S/C14H23N3O2/c1-10(2)19-14-12(15)3-4-13(16-14)17-7-5-11(9-17)6-8-18/h3-4,10-11,18H,5-9,15H2,1-2H3. The van der Waals surface area contributed by atoms with Crippen molar-refractivity contribution in [3.8, 4) is 5.88 Å². The number of hydrogen-bond acceptors (Lipinski definition) is 5. The Morgan fingerprint density at radius 2 is 2.32 bits per heavy atom. The normalized spacial score (nSPS) is 19.2. The zero-order valence-electron chi connectivity index (χ0n) is 11.7. The van der Waals surface area contributed by atoms with E-state index in [0.717, 1.165) is 31.7 Å². The quantitative estimate of drug-likeness (QED) is 0.847. The molecule has 0 bridgehead atoms. The first kappa shape index (κ1) is 13.9. The van der Waals surface area contributed by atoms with E-state index in [1.807, 2.05) is 26.0 Å². The summed E-state index contributed by atoms with van der Waals surface area (Å²) in [6.07, 6.45) is 2.03. The van der Waals surface area contributed by atoms with Crippen molar-refractivity contribution in [3.05, 3.63) is 12.1 Å². The van der Waals surface area contributed by atoms with Crippen LogP contribution in [0.3, 0.4) is 0 Å². The van der Waals surface area contributed by atoms with E-state index in [1.165, 1.54) is 0 Å². The Labute approximate surface area is 114 Å². The monoisotopic (exact) mass is 265 g/mol. The Hall–Kier alpha value is -1.49. The fourth-order valence-corrected chi connectivity index (χ4v) is 2.39. The SMILES string of the molecule is CC(C)Oc1nc(N2CCC(CCO)C2)ccc1N. The summed E-state index contributed by atoms with van der Waals surface area (Å²) in [6.45, 7) is 6.10. The minimum absolute atomic E-state index is 0.0609. The van der Waals surface area contributed by atoms with Crippen LogP contribution in [0.25, 0.3) is 0 Å². The Bertz CT molecular complexity index is 423. The van der Waals surface area contributed by atoms with E-state index < -0.39 is 0 Å². The molecule has 1 aliphatic rings. The second-order valence-corrected chi connectivity index (χ2v) is 5.34. The van der Waals surface area contributed by atoms with Gasteiger partial charge >= 0.3 is 0 Å². The maximum absolute atomic E-state index is 8.99. The number of nitrogens with zero attached hydrogens (tertiary/aromatic N) is 2. The lowest BCUT2D eigenvalue weighted by atomic mass is 10.1. The first-order valence-corrected chi connectivity index (χ1v) is 6.89. The lowest BCUT2D eigenvalue weighted by Crippen LogP contribution is -2.21. The molecule has 5 heteroatoms. The third-order valence-corrected chi connectivity index (χ3v) is 3.37. The van der Waals surface area contributed by atoms with Crippen molar-refractivity contribution in [1.29, 1.82) is 0 Å². The average Bonchev–Trinajstić information content (AvgIpc) is 2.80. The van der Waals surface area contributed by atoms with Gasteiger partial charge in [0.1, 0.15) is 5.82 Å². The molecule has 1 aromatic rings. The summed E-state index contributed by atoms with van der Waals surface area (Å²) in [5, 5.41) is 8.99. The van der Waals surface area contributed by atoms with Crippen LogP contribution in [0.1, 0.15) is 26.7 Å². The Kier molecular flexibility index (Phi) is 4.47. The van der Waals surface area contributed by atoms with Crippen LogP contribution >= 0.6 is 0 Å². The molecule has 0 spiro atoms. The highest BCUT2D eigenvalue weighted by Crippen LogP contribution is 2.28. The summed E-state index contributed by atoms with van der Waals surface area (Å²) in [7, 11) is 0. The van der Waals surface area contributed by atoms with Crippen LogP contribution in [0.2, 0.25) is 0 Å². The van der Waals surface area contributed by atoms with Gasteiger partial charge in [0, 0.05) is 19.7 Å². The number of nitrogen functional groups attached to an aromatic ring is 1. The van der Waals surface area contributed by atoms with E-state index in [-0.39, 0.29) is 12.7 Å². The number of rotatable bonds is 5. The Balaban J connectivity index is 2.08. The minimum Gasteiger partial charge on any atom is -0.473 e. The second kappa shape index (κ2) is 6.10. The van der Waals surface area contributed by atoms with Crippen molar-refractivity contribution < 1.29 is 9.84 Å². The van der Waals surface area contributed by atoms with E-state index in [0.29, 0.717) is 17.5 Å². The Morgan fingerprint density at radius 3 is 3.00 bits per heavy atom. The van der Waals surface area contributed by atoms with Crippen LogP contribution in [-0.2, 0) is 0 Å². The number of aliphatic hydroxyl groups is 1. The van der Waals surface area contributed by atoms with Gasteiger partial charge in [0.25, 0.3) is 0 Å². The molecule has 106 valence electrons. The van der Waals surface area contributed by atoms with Gasteiger partial charge in [-0.15, -0.1) is 0 Å². The molecule has 2 heterocycles. The lowest BCUT2D eigenvalue weighted by Gasteiger charge is -2.19. The molecule has 1 aliphatic heterocycles. The highest BCUT2D eigenvalue weighted by atomic mass is 16.5. The minimum atomic E-state index is 0.0609. The van der Waals surface area contributed by atoms with Crippen LogP contribution < -0.4 is 15.4 Å². The predicted molar refractivity (Wildman–Crippen MR) is 76.4 cm³/mol. The molecule has 1 unspecified atom stereocenters. The number of ether oxygens (including phenoxy) is 1. The fourth-order valence-electron chi connectivity index (χ4n) is 2.39. The molecular weight excluding hydrogens is 242 g/mol. The highest BCUT2D eigenvalue weighted by molar-refractivity contribution is 5.55. The smallest absolute Gasteiger partial charge is 0.239 e. The largest absolute Gasteiger partial charge is 0.473 e. The van der Waals surface area contributed by atoms with Gasteiger partial charge in [-0.05, 0) is 44.7 Å². The molecule has 1 atom stereocenters. The van der Waals surface area contributed by atoms with Gasteiger partial charge in [0.15, 0.2) is 0 Å². The van der Waals surface area contributed by atoms with Crippen LogP contribution in [0.15, 0.2) is 12.1 Å². The maximum atomic E-state index is 8.99. The topological polar surface area (TPSA) is 71.6 Å². The number of anilines is 2. The number of nitrogens with two attached hydrogens (primary N) is 1. The van der Waals surface area contributed by atoms with Crippen molar-refractivity contribution in [1.82, 2.24) is 4.98 Å². The van der Waals surface area contributed by atoms with Gasteiger partial charge in [0.2, 0.25) is 5.88 Å². The zero-order chi connectivity index (χ0) is 13.8. The van der Waals surface area contributed by atoms with Gasteiger partial charge in [-0.25, -0.2) is 0 Å². The number of hydrogen-bond donors (Lipinski definition) is 2. The fraction of sp³-hybridized carbons (Fsp3) is 0.643. The van der Waals surface area contributed by atoms with E-state index in [4.69, 9.17) is 15.6 Å². The molecule has 0 aliphatic carbocycles. The van der Waals surface area contributed by atoms with E-state index in [1.54, 1.807) is 0 Å². The van der Waals surface area contributed by atoms with Crippen LogP contribution in [0, 0.1) is 5.92 Å². The van der Waals surface area contributed by atoms with Crippen molar-refractivity contribution >= 4 is 11.5 Å². The lowest BCUT2D eigenvalue weighted by molar-refractivity contribution is 0.234. The van der Waals surface area contributed by atoms with Crippen LogP contribution in [0.4, 0.5) is 11.5 Å². The van der Waals surface area contributed by atoms with Crippen molar-refractivity contribution in [3.63, 3.8) is 0 Å². The summed E-state index contributed by atoms with van der Waals surface area (Å²) in [6, 6.07) is 3.78. The van der Waals surface area contributed by atoms with Crippen LogP contribution in [0.5, 0.6) is 5.88 Å². The third-order valence-electron chi connectivity index (χ3n) is 3.37. The van der Waals surface area contributed by atoms with Crippen molar-refractivity contribution in [2.24, 2.45) is 5.92 Å². The molecule has 5 nitrogen and oxygen atoms in total. The maximum Gasteiger partial charge on any atom is 0.239 e. The molecule has 0 aromatic carbocycles. The molecular formula is C14H23N3O2. The van der Waals surface area contributed by atoms with E-state index >= 15 is 0 Å². The van der Waals surface area contributed by atoms with Gasteiger partial charge < -0.3 is 20.5 Å². The third kappa shape index (κ3) is 3.50. The first-order valence-electron chi connectivity index (χ1n) is 6.89. The molecule has 2 rings (SSSR count). The van der Waals surface area contributed by atoms with Gasteiger partial charge in [-0.1, -0.05) is 0 Å². The molecule has 1 fully saturated rings. The molecule has 1 saturated heterocycles. The molecule has 19 heavy (non-hydrogen) atoms. The number of aromatic nitrogens is 1. The molecule has 0 saturated carbocycles. The van der Waals surface area contributed by atoms with Gasteiger partial charge in [-0.2, -0.15) is 4.98 Å². The first-order chi connectivity index (χ1) is 9.10. The van der Waals surface area contributed by atoms with Crippen molar-refractivity contribution in [2.45, 2.75) is 32.8 Å². The van der Waals surface area contributed by atoms with Crippen LogP contribution in [-0.4, -0.2) is 35.9 Å². The molecule has 3 N–H and O–H groups in total. The molecule has 0 amide bonds. The number of pyridine rings is 1. The van der Waals surface area contributed by atoms with E-state index in [9.17, 15) is 0 Å². The van der Waals surface area contributed by atoms with Gasteiger partial charge in [0.05, 0.1) is 11.8 Å². The summed E-state index contributed by atoms with van der Waals surface area (Å²) in [4.78, 5) is 6.73. The summed E-state index contributed by atoms with van der Waals surface area (Å²) < 4.78 is 5.62. The van der Waals surface area contributed by atoms with Gasteiger partial charge in [-0.3, -0.25) is 0 Å². The average molecular weight is 265 g/mol. The zero-order valence-corrected chi connectivity index (χ0v) is 11.7. The van der Waals surface area contributed by atoms with Crippen molar-refractivity contribution in [2.75, 3.05) is 30.3 Å². The molecule has 1 aromatic heterocycles. The number of aliphatic hydroxyl groups excluding tert-OH is 1. The summed E-state index contributed by atoms with van der Waals surface area (Å²) >= 11 is 0. The summed E-state index contributed by atoms with van der Waals surface area (Å²) in [5.41, 5.74) is 6.45. The summed E-state index contributed by atoms with van der Waals surface area (Å²) in [5.74, 6) is 1.97. The molecule has 0 radical (unpaired) electrons. The predicted octanol–water partition coefficient (Wildman–Crippen LogP) is 1.66. The van der Waals surface area contributed by atoms with E-state index in [2.05, 4.69) is 9.88 Å². The Morgan fingerprint density at radius 1 is 1.53 bits per heavy atom. The second-order valence-electron chi connectivity index (χ2n) is 5.34. The highest BCUT2D eigenvalue weighted by Gasteiger charge is 2.23.